The van der Waals surface area contributed by atoms with Crippen LogP contribution in [-0.2, 0) is 11.3 Å². The van der Waals surface area contributed by atoms with E-state index in [0.717, 1.165) is 16.4 Å². The number of hydrogen-bond acceptors (Lipinski definition) is 6. The zero-order valence-electron chi connectivity index (χ0n) is 12.5. The van der Waals surface area contributed by atoms with Crippen molar-refractivity contribution in [3.63, 3.8) is 0 Å². The number of ether oxygens (including phenoxy) is 2. The minimum Gasteiger partial charge on any atom is -0.497 e. The Hall–Kier alpha value is -2.08. The summed E-state index contributed by atoms with van der Waals surface area (Å²) in [6.45, 7) is 2.50. The van der Waals surface area contributed by atoms with E-state index in [2.05, 4.69) is 4.98 Å². The Kier molecular flexibility index (Phi) is 4.80. The maximum absolute atomic E-state index is 11.6. The predicted octanol–water partition coefficient (Wildman–Crippen LogP) is 2.88. The molecule has 5 nitrogen and oxygen atoms in total. The molecular formula is C15H18N2O3S. The van der Waals surface area contributed by atoms with E-state index in [0.29, 0.717) is 17.1 Å². The summed E-state index contributed by atoms with van der Waals surface area (Å²) in [4.78, 5) is 18.6. The highest BCUT2D eigenvalue weighted by Gasteiger charge is 2.17. The fourth-order valence-corrected chi connectivity index (χ4v) is 2.89. The van der Waals surface area contributed by atoms with Crippen molar-refractivity contribution in [1.29, 1.82) is 0 Å². The van der Waals surface area contributed by atoms with Crippen molar-refractivity contribution in [3.8, 4) is 5.75 Å². The number of carbonyl (C=O) groups is 1. The maximum Gasteiger partial charge on any atom is 0.350 e. The van der Waals surface area contributed by atoms with Crippen molar-refractivity contribution >= 4 is 22.4 Å². The number of carbonyl (C=O) groups excluding carboxylic acids is 1. The van der Waals surface area contributed by atoms with Gasteiger partial charge in [0.15, 0.2) is 5.13 Å². The van der Waals surface area contributed by atoms with E-state index in [9.17, 15) is 4.79 Å². The normalized spacial score (nSPS) is 10.3. The molecule has 0 atom stereocenters. The van der Waals surface area contributed by atoms with Crippen LogP contribution < -0.4 is 9.64 Å². The zero-order chi connectivity index (χ0) is 15.4. The van der Waals surface area contributed by atoms with Crippen LogP contribution in [-0.4, -0.2) is 32.2 Å². The monoisotopic (exact) mass is 306 g/mol. The summed E-state index contributed by atoms with van der Waals surface area (Å²) >= 11 is 1.34. The van der Waals surface area contributed by atoms with Crippen LogP contribution >= 0.6 is 11.3 Å². The molecule has 1 heterocycles. The number of methoxy groups -OCH3 is 2. The first kappa shape index (κ1) is 15.3. The number of hydrogen-bond donors (Lipinski definition) is 0. The molecule has 0 saturated carbocycles. The van der Waals surface area contributed by atoms with Crippen molar-refractivity contribution in [1.82, 2.24) is 4.98 Å². The molecule has 0 bridgehead atoms. The largest absolute Gasteiger partial charge is 0.497 e. The number of benzene rings is 1. The first-order valence-electron chi connectivity index (χ1n) is 6.45. The van der Waals surface area contributed by atoms with E-state index >= 15 is 0 Å². The predicted molar refractivity (Wildman–Crippen MR) is 83.3 cm³/mol. The van der Waals surface area contributed by atoms with Gasteiger partial charge >= 0.3 is 5.97 Å². The number of aromatic nitrogens is 1. The molecule has 0 spiro atoms. The molecule has 0 radical (unpaired) electrons. The molecule has 0 amide bonds. The van der Waals surface area contributed by atoms with E-state index in [1.54, 1.807) is 7.11 Å². The van der Waals surface area contributed by atoms with Crippen LogP contribution in [0.5, 0.6) is 5.75 Å². The van der Waals surface area contributed by atoms with Crippen LogP contribution in [0.1, 0.15) is 20.9 Å². The third-order valence-electron chi connectivity index (χ3n) is 3.04. The quantitative estimate of drug-likeness (QED) is 0.795. The minimum absolute atomic E-state index is 0.342. The summed E-state index contributed by atoms with van der Waals surface area (Å²) in [5.74, 6) is 0.484. The van der Waals surface area contributed by atoms with Gasteiger partial charge in [-0.3, -0.25) is 0 Å². The fourth-order valence-electron chi connectivity index (χ4n) is 1.94. The van der Waals surface area contributed by atoms with Gasteiger partial charge in [-0.15, -0.1) is 0 Å². The highest BCUT2D eigenvalue weighted by Crippen LogP contribution is 2.27. The van der Waals surface area contributed by atoms with Crippen molar-refractivity contribution in [3.05, 3.63) is 40.4 Å². The maximum atomic E-state index is 11.6. The van der Waals surface area contributed by atoms with Gasteiger partial charge in [0.2, 0.25) is 0 Å². The molecule has 1 aromatic heterocycles. The third-order valence-corrected chi connectivity index (χ3v) is 4.29. The number of aryl methyl sites for hydroxylation is 1. The van der Waals surface area contributed by atoms with Gasteiger partial charge in [-0.25, -0.2) is 9.78 Å². The smallest absolute Gasteiger partial charge is 0.350 e. The average molecular weight is 306 g/mol. The van der Waals surface area contributed by atoms with Crippen molar-refractivity contribution < 1.29 is 14.3 Å². The van der Waals surface area contributed by atoms with E-state index in [1.165, 1.54) is 18.4 Å². The fraction of sp³-hybridized carbons (Fsp3) is 0.333. The highest BCUT2D eigenvalue weighted by molar-refractivity contribution is 7.17. The Balaban J connectivity index is 2.16. The minimum atomic E-state index is -0.342. The van der Waals surface area contributed by atoms with Crippen LogP contribution in [0.3, 0.4) is 0 Å². The van der Waals surface area contributed by atoms with Gasteiger partial charge in [0, 0.05) is 13.6 Å². The molecule has 0 fully saturated rings. The molecule has 2 aromatic rings. The second-order valence-electron chi connectivity index (χ2n) is 4.61. The number of rotatable bonds is 5. The zero-order valence-corrected chi connectivity index (χ0v) is 13.4. The molecule has 0 N–H and O–H groups in total. The number of nitrogens with zero attached hydrogens (tertiary/aromatic N) is 2. The van der Waals surface area contributed by atoms with Crippen LogP contribution in [0.25, 0.3) is 0 Å². The Morgan fingerprint density at radius 2 is 2.14 bits per heavy atom. The SMILES string of the molecule is COC(=O)c1sc(N(C)Cc2cccc(OC)c2)nc1C. The number of anilines is 1. The number of esters is 1. The summed E-state index contributed by atoms with van der Waals surface area (Å²) < 4.78 is 9.97. The number of thiazole rings is 1. The van der Waals surface area contributed by atoms with Crippen molar-refractivity contribution in [2.24, 2.45) is 0 Å². The highest BCUT2D eigenvalue weighted by atomic mass is 32.1. The molecule has 0 unspecified atom stereocenters. The molecule has 0 aliphatic heterocycles. The standard InChI is InChI=1S/C15H18N2O3S/c1-10-13(14(18)20-4)21-15(16-10)17(2)9-11-6-5-7-12(8-11)19-3/h5-8H,9H2,1-4H3. The Bertz CT molecular complexity index is 640. The van der Waals surface area contributed by atoms with E-state index in [-0.39, 0.29) is 5.97 Å². The van der Waals surface area contributed by atoms with Gasteiger partial charge in [0.25, 0.3) is 0 Å². The van der Waals surface area contributed by atoms with E-state index in [1.807, 2.05) is 43.1 Å². The first-order chi connectivity index (χ1) is 10.0. The van der Waals surface area contributed by atoms with Crippen molar-refractivity contribution in [2.75, 3.05) is 26.2 Å². The summed E-state index contributed by atoms with van der Waals surface area (Å²) in [7, 11) is 4.97. The Labute approximate surface area is 128 Å². The van der Waals surface area contributed by atoms with E-state index < -0.39 is 0 Å². The Morgan fingerprint density at radius 3 is 2.81 bits per heavy atom. The lowest BCUT2D eigenvalue weighted by Gasteiger charge is -2.16. The van der Waals surface area contributed by atoms with E-state index in [4.69, 9.17) is 9.47 Å². The summed E-state index contributed by atoms with van der Waals surface area (Å²) in [6.07, 6.45) is 0. The lowest BCUT2D eigenvalue weighted by molar-refractivity contribution is 0.0605. The molecule has 21 heavy (non-hydrogen) atoms. The second kappa shape index (κ2) is 6.58. The molecule has 0 aliphatic carbocycles. The van der Waals surface area contributed by atoms with Crippen LogP contribution in [0.4, 0.5) is 5.13 Å². The second-order valence-corrected chi connectivity index (χ2v) is 5.59. The van der Waals surface area contributed by atoms with Crippen LogP contribution in [0.15, 0.2) is 24.3 Å². The van der Waals surface area contributed by atoms with Gasteiger partial charge in [-0.2, -0.15) is 0 Å². The van der Waals surface area contributed by atoms with Gasteiger partial charge in [0.05, 0.1) is 19.9 Å². The van der Waals surface area contributed by atoms with Gasteiger partial charge in [0.1, 0.15) is 10.6 Å². The average Bonchev–Trinajstić information content (AvgIpc) is 2.88. The summed E-state index contributed by atoms with van der Waals surface area (Å²) in [5.41, 5.74) is 1.81. The lowest BCUT2D eigenvalue weighted by Crippen LogP contribution is -2.16. The molecular weight excluding hydrogens is 288 g/mol. The van der Waals surface area contributed by atoms with Gasteiger partial charge in [-0.05, 0) is 24.6 Å². The van der Waals surface area contributed by atoms with Gasteiger partial charge in [-0.1, -0.05) is 23.5 Å². The molecule has 6 heteroatoms. The molecule has 0 aliphatic rings. The summed E-state index contributed by atoms with van der Waals surface area (Å²) in [5, 5.41) is 0.788. The summed E-state index contributed by atoms with van der Waals surface area (Å²) in [6, 6.07) is 7.88. The van der Waals surface area contributed by atoms with Crippen LogP contribution in [0, 0.1) is 6.92 Å². The molecule has 1 aromatic carbocycles. The first-order valence-corrected chi connectivity index (χ1v) is 7.26. The molecule has 2 rings (SSSR count). The molecule has 0 saturated heterocycles. The van der Waals surface area contributed by atoms with Gasteiger partial charge < -0.3 is 14.4 Å². The lowest BCUT2D eigenvalue weighted by atomic mass is 10.2. The molecule has 112 valence electrons. The van der Waals surface area contributed by atoms with Crippen LogP contribution in [0.2, 0.25) is 0 Å². The Morgan fingerprint density at radius 1 is 1.38 bits per heavy atom. The van der Waals surface area contributed by atoms with Crippen molar-refractivity contribution in [2.45, 2.75) is 13.5 Å². The topological polar surface area (TPSA) is 51.7 Å². The third kappa shape index (κ3) is 3.52.